The van der Waals surface area contributed by atoms with Crippen LogP contribution in [0.25, 0.3) is 0 Å². The van der Waals surface area contributed by atoms with E-state index in [9.17, 15) is 13.6 Å². The molecule has 0 saturated carbocycles. The van der Waals surface area contributed by atoms with Gasteiger partial charge in [0.25, 0.3) is 0 Å². The lowest BCUT2D eigenvalue weighted by Crippen LogP contribution is -2.11. The number of carbonyl (C=O) groups excluding carboxylic acids is 1. The number of hydrogen-bond acceptors (Lipinski definition) is 2. The lowest BCUT2D eigenvalue weighted by Gasteiger charge is -2.13. The molecule has 0 aromatic heterocycles. The molecule has 0 saturated heterocycles. The molecular weight excluding hydrogens is 262 g/mol. The van der Waals surface area contributed by atoms with Crippen LogP contribution in [0.5, 0.6) is 5.75 Å². The Hall–Kier alpha value is -2.23. The number of hydrogen-bond donors (Lipinski definition) is 0. The molecule has 0 fully saturated rings. The molecule has 0 spiro atoms. The lowest BCUT2D eigenvalue weighted by molar-refractivity contribution is 0.102. The maximum Gasteiger partial charge on any atom is 0.202 e. The van der Waals surface area contributed by atoms with Crippen LogP contribution in [0.3, 0.4) is 0 Å². The van der Waals surface area contributed by atoms with E-state index in [0.29, 0.717) is 11.3 Å². The van der Waals surface area contributed by atoms with Gasteiger partial charge in [-0.1, -0.05) is 12.1 Å². The second-order valence-electron chi connectivity index (χ2n) is 4.58. The van der Waals surface area contributed by atoms with Crippen molar-refractivity contribution in [2.24, 2.45) is 0 Å². The van der Waals surface area contributed by atoms with Crippen molar-refractivity contribution >= 4 is 5.78 Å². The highest BCUT2D eigenvalue weighted by Gasteiger charge is 2.23. The fourth-order valence-electron chi connectivity index (χ4n) is 2.22. The minimum absolute atomic E-state index is 0.182. The van der Waals surface area contributed by atoms with Crippen molar-refractivity contribution in [1.29, 1.82) is 0 Å². The van der Waals surface area contributed by atoms with Gasteiger partial charge in [-0.15, -0.1) is 0 Å². The number of methoxy groups -OCH3 is 1. The highest BCUT2D eigenvalue weighted by atomic mass is 19.1. The third kappa shape index (κ3) is 2.41. The van der Waals surface area contributed by atoms with Crippen LogP contribution in [-0.2, 0) is 0 Å². The second kappa shape index (κ2) is 5.41. The van der Waals surface area contributed by atoms with Gasteiger partial charge >= 0.3 is 0 Å². The van der Waals surface area contributed by atoms with Crippen LogP contribution in [0.4, 0.5) is 8.78 Å². The molecule has 2 rings (SSSR count). The Morgan fingerprint density at radius 1 is 1.05 bits per heavy atom. The number of ether oxygens (including phenoxy) is 1. The van der Waals surface area contributed by atoms with Gasteiger partial charge in [0.2, 0.25) is 5.78 Å². The van der Waals surface area contributed by atoms with Crippen molar-refractivity contribution in [3.8, 4) is 5.75 Å². The van der Waals surface area contributed by atoms with Crippen molar-refractivity contribution in [2.75, 3.05) is 7.11 Å². The second-order valence-corrected chi connectivity index (χ2v) is 4.58. The molecule has 2 nitrogen and oxygen atoms in total. The highest BCUT2D eigenvalue weighted by Crippen LogP contribution is 2.28. The molecule has 0 N–H and O–H groups in total. The van der Waals surface area contributed by atoms with Crippen molar-refractivity contribution in [2.45, 2.75) is 13.8 Å². The average molecular weight is 276 g/mol. The minimum atomic E-state index is -0.878. The topological polar surface area (TPSA) is 26.3 Å². The SMILES string of the molecule is COc1cc(C)cc(C)c1C(=O)c1c(F)cccc1F. The standard InChI is InChI=1S/C16H14F2O2/c1-9-7-10(2)14(13(8-9)20-3)16(19)15-11(17)5-4-6-12(15)18/h4-8H,1-3H3. The summed E-state index contributed by atoms with van der Waals surface area (Å²) in [7, 11) is 1.42. The summed E-state index contributed by atoms with van der Waals surface area (Å²) in [5.41, 5.74) is 1.15. The van der Waals surface area contributed by atoms with E-state index in [4.69, 9.17) is 4.74 Å². The van der Waals surface area contributed by atoms with Gasteiger partial charge in [0.05, 0.1) is 18.2 Å². The summed E-state index contributed by atoms with van der Waals surface area (Å²) in [6, 6.07) is 6.78. The summed E-state index contributed by atoms with van der Waals surface area (Å²) >= 11 is 0. The quantitative estimate of drug-likeness (QED) is 0.797. The van der Waals surface area contributed by atoms with Gasteiger partial charge in [-0.3, -0.25) is 4.79 Å². The van der Waals surface area contributed by atoms with E-state index in [0.717, 1.165) is 17.7 Å². The van der Waals surface area contributed by atoms with Crippen molar-refractivity contribution in [3.05, 3.63) is 64.2 Å². The third-order valence-corrected chi connectivity index (χ3v) is 3.08. The fraction of sp³-hybridized carbons (Fsp3) is 0.188. The zero-order chi connectivity index (χ0) is 14.9. The fourth-order valence-corrected chi connectivity index (χ4v) is 2.22. The van der Waals surface area contributed by atoms with Gasteiger partial charge in [-0.05, 0) is 43.2 Å². The Morgan fingerprint density at radius 3 is 2.20 bits per heavy atom. The third-order valence-electron chi connectivity index (χ3n) is 3.08. The summed E-state index contributed by atoms with van der Waals surface area (Å²) in [6.45, 7) is 3.56. The van der Waals surface area contributed by atoms with Crippen LogP contribution in [0, 0.1) is 25.5 Å². The molecule has 0 aliphatic carbocycles. The van der Waals surface area contributed by atoms with E-state index in [-0.39, 0.29) is 5.56 Å². The summed E-state index contributed by atoms with van der Waals surface area (Å²) in [4.78, 5) is 12.4. The number of ketones is 1. The molecule has 0 aliphatic heterocycles. The Balaban J connectivity index is 2.66. The zero-order valence-corrected chi connectivity index (χ0v) is 11.5. The summed E-state index contributed by atoms with van der Waals surface area (Å²) in [5, 5.41) is 0. The van der Waals surface area contributed by atoms with Gasteiger partial charge in [-0.2, -0.15) is 0 Å². The first kappa shape index (κ1) is 14.2. The summed E-state index contributed by atoms with van der Waals surface area (Å²) < 4.78 is 32.6. The maximum absolute atomic E-state index is 13.7. The maximum atomic E-state index is 13.7. The van der Waals surface area contributed by atoms with Gasteiger partial charge in [-0.25, -0.2) is 8.78 Å². The Bertz CT molecular complexity index is 658. The van der Waals surface area contributed by atoms with Crippen LogP contribution in [-0.4, -0.2) is 12.9 Å². The molecule has 2 aromatic rings. The largest absolute Gasteiger partial charge is 0.496 e. The number of carbonyl (C=O) groups is 1. The van der Waals surface area contributed by atoms with Gasteiger partial charge < -0.3 is 4.74 Å². The normalized spacial score (nSPS) is 10.4. The van der Waals surface area contributed by atoms with Crippen molar-refractivity contribution in [3.63, 3.8) is 0 Å². The number of rotatable bonds is 3. The molecule has 104 valence electrons. The van der Waals surface area contributed by atoms with E-state index in [1.54, 1.807) is 19.1 Å². The first-order chi connectivity index (χ1) is 9.45. The Morgan fingerprint density at radius 2 is 1.65 bits per heavy atom. The molecule has 4 heteroatoms. The number of benzene rings is 2. The monoisotopic (exact) mass is 276 g/mol. The highest BCUT2D eigenvalue weighted by molar-refractivity contribution is 6.12. The summed E-state index contributed by atoms with van der Waals surface area (Å²) in [5.74, 6) is -2.15. The van der Waals surface area contributed by atoms with E-state index in [1.807, 2.05) is 6.92 Å². The predicted octanol–water partition coefficient (Wildman–Crippen LogP) is 3.82. The average Bonchev–Trinajstić information content (AvgIpc) is 2.37. The lowest BCUT2D eigenvalue weighted by atomic mass is 9.96. The molecule has 2 aromatic carbocycles. The molecule has 0 unspecified atom stereocenters. The molecule has 0 atom stereocenters. The molecule has 0 bridgehead atoms. The van der Waals surface area contributed by atoms with Gasteiger partial charge in [0.1, 0.15) is 17.4 Å². The van der Waals surface area contributed by atoms with Crippen LogP contribution >= 0.6 is 0 Å². The van der Waals surface area contributed by atoms with E-state index >= 15 is 0 Å². The summed E-state index contributed by atoms with van der Waals surface area (Å²) in [6.07, 6.45) is 0. The molecule has 0 amide bonds. The molecular formula is C16H14F2O2. The van der Waals surface area contributed by atoms with Gasteiger partial charge in [0.15, 0.2) is 0 Å². The minimum Gasteiger partial charge on any atom is -0.496 e. The predicted molar refractivity (Wildman–Crippen MR) is 72.3 cm³/mol. The first-order valence-electron chi connectivity index (χ1n) is 6.09. The molecule has 0 heterocycles. The van der Waals surface area contributed by atoms with Crippen molar-refractivity contribution in [1.82, 2.24) is 0 Å². The zero-order valence-electron chi connectivity index (χ0n) is 11.5. The molecule has 0 radical (unpaired) electrons. The Labute approximate surface area is 116 Å². The van der Waals surface area contributed by atoms with Crippen LogP contribution in [0.2, 0.25) is 0 Å². The van der Waals surface area contributed by atoms with Gasteiger partial charge in [0, 0.05) is 0 Å². The molecule has 0 aliphatic rings. The van der Waals surface area contributed by atoms with E-state index < -0.39 is 23.0 Å². The van der Waals surface area contributed by atoms with E-state index in [2.05, 4.69) is 0 Å². The van der Waals surface area contributed by atoms with Crippen LogP contribution < -0.4 is 4.74 Å². The Kier molecular flexibility index (Phi) is 3.84. The smallest absolute Gasteiger partial charge is 0.202 e. The first-order valence-corrected chi connectivity index (χ1v) is 6.09. The van der Waals surface area contributed by atoms with Crippen molar-refractivity contribution < 1.29 is 18.3 Å². The molecule has 20 heavy (non-hydrogen) atoms. The number of aryl methyl sites for hydroxylation is 2. The number of halogens is 2. The van der Waals surface area contributed by atoms with Crippen LogP contribution in [0.1, 0.15) is 27.0 Å². The van der Waals surface area contributed by atoms with Crippen LogP contribution in [0.15, 0.2) is 30.3 Å². The van der Waals surface area contributed by atoms with E-state index in [1.165, 1.54) is 13.2 Å².